The van der Waals surface area contributed by atoms with Crippen LogP contribution in [0.25, 0.3) is 10.9 Å². The normalized spacial score (nSPS) is 10.9. The predicted molar refractivity (Wildman–Crippen MR) is 84.6 cm³/mol. The SMILES string of the molecule is Cc1nnc(NC(=O)c2nn(C)c3ccc(Cl)cc3c2=O)s1. The summed E-state index contributed by atoms with van der Waals surface area (Å²) < 4.78 is 1.47. The fraction of sp³-hybridized carbons (Fsp3) is 0.154. The number of nitrogens with zero attached hydrogens (tertiary/aromatic N) is 4. The molecule has 0 aliphatic rings. The van der Waals surface area contributed by atoms with E-state index in [2.05, 4.69) is 20.6 Å². The molecule has 0 bridgehead atoms. The number of carbonyl (C=O) groups is 1. The Morgan fingerprint density at radius 2 is 2.14 bits per heavy atom. The van der Waals surface area contributed by atoms with Crippen molar-refractivity contribution in [3.05, 3.63) is 44.1 Å². The minimum Gasteiger partial charge on any atom is -0.295 e. The second-order valence-corrected chi connectivity index (χ2v) is 6.16. The van der Waals surface area contributed by atoms with Crippen molar-refractivity contribution in [2.75, 3.05) is 5.32 Å². The van der Waals surface area contributed by atoms with E-state index in [4.69, 9.17) is 11.6 Å². The molecule has 9 heteroatoms. The Balaban J connectivity index is 2.09. The van der Waals surface area contributed by atoms with Crippen molar-refractivity contribution < 1.29 is 4.79 Å². The maximum atomic E-state index is 12.4. The number of rotatable bonds is 2. The number of amides is 1. The molecule has 1 aromatic carbocycles. The fourth-order valence-corrected chi connectivity index (χ4v) is 2.76. The number of nitrogens with one attached hydrogen (secondary N) is 1. The van der Waals surface area contributed by atoms with Crippen LogP contribution in [0.5, 0.6) is 0 Å². The quantitative estimate of drug-likeness (QED) is 0.773. The van der Waals surface area contributed by atoms with E-state index in [1.165, 1.54) is 22.1 Å². The van der Waals surface area contributed by atoms with Gasteiger partial charge < -0.3 is 0 Å². The predicted octanol–water partition coefficient (Wildman–Crippen LogP) is 2.00. The van der Waals surface area contributed by atoms with Gasteiger partial charge in [-0.2, -0.15) is 5.10 Å². The number of aryl methyl sites for hydroxylation is 2. The van der Waals surface area contributed by atoms with Crippen molar-refractivity contribution in [1.82, 2.24) is 20.0 Å². The number of benzene rings is 1. The number of hydrogen-bond acceptors (Lipinski definition) is 6. The van der Waals surface area contributed by atoms with Crippen LogP contribution in [0.3, 0.4) is 0 Å². The molecule has 7 nitrogen and oxygen atoms in total. The van der Waals surface area contributed by atoms with Crippen LogP contribution in [0.1, 0.15) is 15.5 Å². The van der Waals surface area contributed by atoms with E-state index in [1.807, 2.05) is 0 Å². The number of carbonyl (C=O) groups excluding carboxylic acids is 1. The molecule has 0 radical (unpaired) electrons. The molecule has 1 amide bonds. The summed E-state index contributed by atoms with van der Waals surface area (Å²) in [5.74, 6) is -0.626. The molecule has 3 rings (SSSR count). The summed E-state index contributed by atoms with van der Waals surface area (Å²) in [4.78, 5) is 24.7. The standard InChI is InChI=1S/C13H10ClN5O2S/c1-6-16-17-13(22-6)15-12(21)10-11(20)8-5-7(14)3-4-9(8)19(2)18-10/h3-5H,1-2H3,(H,15,17,21). The maximum absolute atomic E-state index is 12.4. The van der Waals surface area contributed by atoms with Crippen LogP contribution in [0.2, 0.25) is 5.02 Å². The highest BCUT2D eigenvalue weighted by Crippen LogP contribution is 2.17. The summed E-state index contributed by atoms with van der Waals surface area (Å²) in [5, 5.41) is 15.9. The van der Waals surface area contributed by atoms with E-state index in [0.29, 0.717) is 26.1 Å². The number of anilines is 1. The summed E-state index contributed by atoms with van der Waals surface area (Å²) in [6.45, 7) is 1.77. The van der Waals surface area contributed by atoms with Gasteiger partial charge in [-0.25, -0.2) is 0 Å². The highest BCUT2D eigenvalue weighted by Gasteiger charge is 2.18. The molecule has 0 fully saturated rings. The summed E-state index contributed by atoms with van der Waals surface area (Å²) in [7, 11) is 1.65. The lowest BCUT2D eigenvalue weighted by molar-refractivity contribution is 0.101. The molecule has 0 unspecified atom stereocenters. The van der Waals surface area contributed by atoms with Crippen molar-refractivity contribution in [2.45, 2.75) is 6.92 Å². The lowest BCUT2D eigenvalue weighted by Crippen LogP contribution is -2.26. The minimum atomic E-state index is -0.626. The Bertz CT molecular complexity index is 949. The molecule has 0 aliphatic carbocycles. The van der Waals surface area contributed by atoms with Crippen LogP contribution < -0.4 is 10.7 Å². The molecule has 2 heterocycles. The second-order valence-electron chi connectivity index (χ2n) is 4.54. The van der Waals surface area contributed by atoms with Crippen LogP contribution in [-0.4, -0.2) is 25.9 Å². The van der Waals surface area contributed by atoms with Gasteiger partial charge in [0.1, 0.15) is 5.01 Å². The molecule has 1 N–H and O–H groups in total. The van der Waals surface area contributed by atoms with E-state index >= 15 is 0 Å². The lowest BCUT2D eigenvalue weighted by Gasteiger charge is -2.07. The van der Waals surface area contributed by atoms with Crippen molar-refractivity contribution >= 4 is 44.9 Å². The largest absolute Gasteiger partial charge is 0.295 e. The molecular weight excluding hydrogens is 326 g/mol. The van der Waals surface area contributed by atoms with Gasteiger partial charge in [0.2, 0.25) is 10.6 Å². The van der Waals surface area contributed by atoms with Crippen LogP contribution in [0.15, 0.2) is 23.0 Å². The Hall–Kier alpha value is -2.32. The highest BCUT2D eigenvalue weighted by molar-refractivity contribution is 7.15. The average molecular weight is 336 g/mol. The third-order valence-electron chi connectivity index (χ3n) is 2.98. The zero-order chi connectivity index (χ0) is 15.9. The Morgan fingerprint density at radius 3 is 2.82 bits per heavy atom. The molecule has 0 aliphatic heterocycles. The number of hydrogen-bond donors (Lipinski definition) is 1. The molecule has 0 saturated carbocycles. The van der Waals surface area contributed by atoms with E-state index in [9.17, 15) is 9.59 Å². The maximum Gasteiger partial charge on any atom is 0.282 e. The van der Waals surface area contributed by atoms with Crippen LogP contribution in [-0.2, 0) is 7.05 Å². The fourth-order valence-electron chi connectivity index (χ4n) is 2.00. The van der Waals surface area contributed by atoms with Gasteiger partial charge in [0, 0.05) is 12.1 Å². The number of halogens is 1. The molecule has 112 valence electrons. The topological polar surface area (TPSA) is 89.8 Å². The summed E-state index contributed by atoms with van der Waals surface area (Å²) >= 11 is 7.14. The van der Waals surface area contributed by atoms with Crippen molar-refractivity contribution in [3.63, 3.8) is 0 Å². The van der Waals surface area contributed by atoms with Crippen LogP contribution in [0.4, 0.5) is 5.13 Å². The summed E-state index contributed by atoms with van der Waals surface area (Å²) in [6, 6.07) is 4.86. The minimum absolute atomic E-state index is 0.217. The summed E-state index contributed by atoms with van der Waals surface area (Å²) in [5.41, 5.74) is -0.0998. The first-order valence-corrected chi connectivity index (χ1v) is 7.43. The lowest BCUT2D eigenvalue weighted by atomic mass is 10.2. The first kappa shape index (κ1) is 14.6. The van der Waals surface area contributed by atoms with Crippen LogP contribution in [0, 0.1) is 6.92 Å². The zero-order valence-corrected chi connectivity index (χ0v) is 13.2. The van der Waals surface area contributed by atoms with E-state index in [0.717, 1.165) is 0 Å². The van der Waals surface area contributed by atoms with E-state index in [-0.39, 0.29) is 5.69 Å². The second kappa shape index (κ2) is 5.47. The van der Waals surface area contributed by atoms with Gasteiger partial charge in [-0.15, -0.1) is 10.2 Å². The smallest absolute Gasteiger partial charge is 0.282 e. The number of aromatic nitrogens is 4. The van der Waals surface area contributed by atoms with Gasteiger partial charge in [0.05, 0.1) is 10.9 Å². The van der Waals surface area contributed by atoms with Gasteiger partial charge in [0.15, 0.2) is 5.69 Å². The van der Waals surface area contributed by atoms with Gasteiger partial charge in [-0.05, 0) is 25.1 Å². The monoisotopic (exact) mass is 335 g/mol. The Morgan fingerprint density at radius 1 is 1.36 bits per heavy atom. The van der Waals surface area contributed by atoms with Crippen molar-refractivity contribution in [3.8, 4) is 0 Å². The first-order chi connectivity index (χ1) is 10.5. The molecule has 0 saturated heterocycles. The van der Waals surface area contributed by atoms with Gasteiger partial charge in [0.25, 0.3) is 5.91 Å². The highest BCUT2D eigenvalue weighted by atomic mass is 35.5. The average Bonchev–Trinajstić information content (AvgIpc) is 2.87. The van der Waals surface area contributed by atoms with E-state index in [1.54, 1.807) is 26.1 Å². The molecule has 2 aromatic heterocycles. The summed E-state index contributed by atoms with van der Waals surface area (Å²) in [6.07, 6.45) is 0. The molecular formula is C13H10ClN5O2S. The molecule has 22 heavy (non-hydrogen) atoms. The Labute approximate surface area is 133 Å². The molecule has 3 aromatic rings. The van der Waals surface area contributed by atoms with Crippen LogP contribution >= 0.6 is 22.9 Å². The zero-order valence-electron chi connectivity index (χ0n) is 11.6. The molecule has 0 atom stereocenters. The first-order valence-electron chi connectivity index (χ1n) is 6.24. The Kier molecular flexibility index (Phi) is 3.63. The van der Waals surface area contributed by atoms with Gasteiger partial charge in [-0.3, -0.25) is 19.6 Å². The van der Waals surface area contributed by atoms with E-state index < -0.39 is 11.3 Å². The third-order valence-corrected chi connectivity index (χ3v) is 3.97. The van der Waals surface area contributed by atoms with Gasteiger partial charge in [-0.1, -0.05) is 22.9 Å². The molecule has 0 spiro atoms. The third kappa shape index (κ3) is 2.58. The van der Waals surface area contributed by atoms with Crippen molar-refractivity contribution in [2.24, 2.45) is 7.05 Å². The number of fused-ring (bicyclic) bond motifs is 1. The van der Waals surface area contributed by atoms with Gasteiger partial charge >= 0.3 is 0 Å². The van der Waals surface area contributed by atoms with Crippen molar-refractivity contribution in [1.29, 1.82) is 0 Å².